The van der Waals surface area contributed by atoms with Crippen molar-refractivity contribution in [2.24, 2.45) is 11.8 Å². The van der Waals surface area contributed by atoms with E-state index in [1.165, 1.54) is 0 Å². The molecule has 0 aromatic rings. The fraction of sp³-hybridized carbons (Fsp3) is 0.750. The predicted molar refractivity (Wildman–Crippen MR) is 34.4 cm³/mol. The van der Waals surface area contributed by atoms with Crippen LogP contribution in [0.5, 0.6) is 0 Å². The molecule has 10 heavy (non-hydrogen) atoms. The van der Waals surface area contributed by atoms with Gasteiger partial charge in [-0.1, -0.05) is 5.92 Å². The van der Waals surface area contributed by atoms with Gasteiger partial charge in [-0.05, 0) is 12.8 Å². The third-order valence-corrected chi connectivity index (χ3v) is 2.23. The van der Waals surface area contributed by atoms with E-state index in [1.807, 2.05) is 0 Å². The predicted octanol–water partition coefficient (Wildman–Crippen LogP) is 0.585. The molecule has 0 saturated carbocycles. The van der Waals surface area contributed by atoms with Crippen LogP contribution in [-0.4, -0.2) is 19.5 Å². The third kappa shape index (κ3) is 0.749. The van der Waals surface area contributed by atoms with E-state index >= 15 is 0 Å². The lowest BCUT2D eigenvalue weighted by Crippen LogP contribution is -2.13. The van der Waals surface area contributed by atoms with Gasteiger partial charge in [-0.15, -0.1) is 0 Å². The fourth-order valence-corrected chi connectivity index (χ4v) is 1.61. The second-order valence-corrected chi connectivity index (χ2v) is 2.78. The summed E-state index contributed by atoms with van der Waals surface area (Å²) in [6.45, 7) is 1.41. The second kappa shape index (κ2) is 2.26. The monoisotopic (exact) mass is 137 g/mol. The summed E-state index contributed by atoms with van der Waals surface area (Å²) in [5.41, 5.74) is 0. The second-order valence-electron chi connectivity index (χ2n) is 2.78. The van der Waals surface area contributed by atoms with E-state index in [0.717, 1.165) is 13.0 Å². The van der Waals surface area contributed by atoms with Crippen LogP contribution in [0.1, 0.15) is 6.42 Å². The van der Waals surface area contributed by atoms with Crippen molar-refractivity contribution in [3.05, 3.63) is 6.42 Å². The number of hydrogen-bond acceptors (Lipinski definition) is 2. The first-order valence-corrected chi connectivity index (χ1v) is 3.57. The van der Waals surface area contributed by atoms with Crippen LogP contribution in [0.3, 0.4) is 0 Å². The summed E-state index contributed by atoms with van der Waals surface area (Å²) in [4.78, 5) is 0. The van der Waals surface area contributed by atoms with Crippen molar-refractivity contribution in [1.82, 2.24) is 0 Å². The molecule has 2 fully saturated rings. The molecule has 2 aliphatic rings. The zero-order chi connectivity index (χ0) is 6.97. The van der Waals surface area contributed by atoms with Gasteiger partial charge in [0.15, 0.2) is 6.29 Å². The van der Waals surface area contributed by atoms with Gasteiger partial charge in [-0.25, -0.2) is 0 Å². The zero-order valence-corrected chi connectivity index (χ0v) is 5.67. The van der Waals surface area contributed by atoms with Gasteiger partial charge in [-0.3, -0.25) is 0 Å². The van der Waals surface area contributed by atoms with Gasteiger partial charge in [0, 0.05) is 5.92 Å². The van der Waals surface area contributed by atoms with Gasteiger partial charge in [-0.2, -0.15) is 0 Å². The quantitative estimate of drug-likeness (QED) is 0.455. The third-order valence-electron chi connectivity index (χ3n) is 2.23. The Kier molecular flexibility index (Phi) is 1.40. The number of fused-ring (bicyclic) bond motifs is 1. The first-order valence-electron chi connectivity index (χ1n) is 3.57. The Hall–Kier alpha value is -0.520. The van der Waals surface area contributed by atoms with E-state index in [1.54, 1.807) is 0 Å². The lowest BCUT2D eigenvalue weighted by atomic mass is 9.95. The molecule has 2 heteroatoms. The van der Waals surface area contributed by atoms with E-state index in [2.05, 4.69) is 5.92 Å². The largest absolute Gasteiger partial charge is 0.352 e. The maximum atomic E-state index is 6.97. The molecule has 2 aliphatic heterocycles. The van der Waals surface area contributed by atoms with Gasteiger partial charge < -0.3 is 9.47 Å². The fourth-order valence-electron chi connectivity index (χ4n) is 1.61. The normalized spacial score (nSPS) is 44.9. The topological polar surface area (TPSA) is 18.5 Å². The van der Waals surface area contributed by atoms with E-state index in [4.69, 9.17) is 15.9 Å². The Bertz CT molecular complexity index is 171. The van der Waals surface area contributed by atoms with Crippen LogP contribution in [0.25, 0.3) is 0 Å². The molecule has 0 spiro atoms. The van der Waals surface area contributed by atoms with Crippen molar-refractivity contribution in [2.45, 2.75) is 12.7 Å². The summed E-state index contributed by atoms with van der Waals surface area (Å²) in [5, 5.41) is 0. The highest BCUT2D eigenvalue weighted by atomic mass is 16.7. The molecule has 3 atom stereocenters. The Morgan fingerprint density at radius 2 is 2.30 bits per heavy atom. The molecule has 2 rings (SSSR count). The smallest absolute Gasteiger partial charge is 0.161 e. The molecule has 0 aromatic heterocycles. The maximum Gasteiger partial charge on any atom is 0.161 e. The number of hydrogen-bond donors (Lipinski definition) is 0. The van der Waals surface area contributed by atoms with E-state index in [9.17, 15) is 0 Å². The van der Waals surface area contributed by atoms with Gasteiger partial charge in [0.05, 0.1) is 19.1 Å². The lowest BCUT2D eigenvalue weighted by molar-refractivity contribution is -0.0905. The SMILES string of the molecule is [C]#CC1COC2OCCC12. The van der Waals surface area contributed by atoms with Crippen molar-refractivity contribution in [1.29, 1.82) is 0 Å². The Morgan fingerprint density at radius 3 is 3.10 bits per heavy atom. The lowest BCUT2D eigenvalue weighted by Gasteiger charge is -2.06. The van der Waals surface area contributed by atoms with E-state index in [-0.39, 0.29) is 12.2 Å². The molecule has 2 saturated heterocycles. The molecular weight excluding hydrogens is 128 g/mol. The summed E-state index contributed by atoms with van der Waals surface area (Å²) >= 11 is 0. The van der Waals surface area contributed by atoms with Crippen molar-refractivity contribution < 1.29 is 9.47 Å². The van der Waals surface area contributed by atoms with Crippen LogP contribution in [0.4, 0.5) is 0 Å². The van der Waals surface area contributed by atoms with Crippen LogP contribution in [-0.2, 0) is 9.47 Å². The van der Waals surface area contributed by atoms with Crippen molar-refractivity contribution in [3.8, 4) is 5.92 Å². The van der Waals surface area contributed by atoms with Crippen LogP contribution >= 0.6 is 0 Å². The molecule has 0 bridgehead atoms. The molecular formula is C8H9O2. The van der Waals surface area contributed by atoms with Gasteiger partial charge in [0.1, 0.15) is 0 Å². The van der Waals surface area contributed by atoms with Crippen LogP contribution in [0, 0.1) is 24.2 Å². The summed E-state index contributed by atoms with van der Waals surface area (Å²) in [6.07, 6.45) is 7.97. The van der Waals surface area contributed by atoms with Crippen molar-refractivity contribution in [2.75, 3.05) is 13.2 Å². The van der Waals surface area contributed by atoms with Gasteiger partial charge in [0.25, 0.3) is 0 Å². The molecule has 1 radical (unpaired) electrons. The summed E-state index contributed by atoms with van der Waals surface area (Å²) in [6, 6.07) is 0. The standard InChI is InChI=1S/C8H9O2/c1-2-6-5-10-8-7(6)3-4-9-8/h6-8H,3-5H2. The van der Waals surface area contributed by atoms with E-state index < -0.39 is 0 Å². The van der Waals surface area contributed by atoms with Crippen LogP contribution < -0.4 is 0 Å². The first kappa shape index (κ1) is 6.21. The number of ether oxygens (including phenoxy) is 2. The minimum absolute atomic E-state index is 0.0251. The Labute approximate surface area is 60.5 Å². The highest BCUT2D eigenvalue weighted by Crippen LogP contribution is 2.34. The molecule has 0 aromatic carbocycles. The maximum absolute atomic E-state index is 6.97. The summed E-state index contributed by atoms with van der Waals surface area (Å²) < 4.78 is 10.5. The van der Waals surface area contributed by atoms with Crippen molar-refractivity contribution >= 4 is 0 Å². The van der Waals surface area contributed by atoms with Crippen molar-refractivity contribution in [3.63, 3.8) is 0 Å². The summed E-state index contributed by atoms with van der Waals surface area (Å²) in [7, 11) is 0. The average Bonchev–Trinajstić information content (AvgIpc) is 2.44. The molecule has 2 heterocycles. The van der Waals surface area contributed by atoms with Crippen LogP contribution in [0.2, 0.25) is 0 Å². The van der Waals surface area contributed by atoms with Gasteiger partial charge in [0.2, 0.25) is 0 Å². The molecule has 0 aliphatic carbocycles. The van der Waals surface area contributed by atoms with E-state index in [0.29, 0.717) is 12.5 Å². The molecule has 53 valence electrons. The molecule has 0 amide bonds. The molecule has 2 nitrogen and oxygen atoms in total. The molecule has 0 N–H and O–H groups in total. The highest BCUT2D eigenvalue weighted by Gasteiger charge is 2.40. The summed E-state index contributed by atoms with van der Waals surface area (Å²) in [5.74, 6) is 3.08. The average molecular weight is 137 g/mol. The first-order chi connectivity index (χ1) is 4.92. The zero-order valence-electron chi connectivity index (χ0n) is 5.67. The Balaban J connectivity index is 2.10. The number of rotatable bonds is 0. The highest BCUT2D eigenvalue weighted by molar-refractivity contribution is 4.97. The van der Waals surface area contributed by atoms with Crippen LogP contribution in [0.15, 0.2) is 0 Å². The molecule has 3 unspecified atom stereocenters. The minimum atomic E-state index is -0.0251. The Morgan fingerprint density at radius 1 is 1.40 bits per heavy atom. The van der Waals surface area contributed by atoms with Gasteiger partial charge >= 0.3 is 0 Å². The minimum Gasteiger partial charge on any atom is -0.352 e.